The van der Waals surface area contributed by atoms with Crippen molar-refractivity contribution in [3.8, 4) is 6.07 Å². The van der Waals surface area contributed by atoms with Crippen LogP contribution in [-0.4, -0.2) is 95.0 Å². The molecule has 1 saturated heterocycles. The molecule has 5 N–H and O–H groups in total. The lowest BCUT2D eigenvalue weighted by Crippen LogP contribution is -2.53. The van der Waals surface area contributed by atoms with Crippen molar-refractivity contribution < 1.29 is 48.0 Å². The summed E-state index contributed by atoms with van der Waals surface area (Å²) in [7, 11) is 0. The lowest BCUT2D eigenvalue weighted by atomic mass is 9.86. The second-order valence-electron chi connectivity index (χ2n) is 16.7. The van der Waals surface area contributed by atoms with Crippen molar-refractivity contribution in [1.82, 2.24) is 15.6 Å². The van der Waals surface area contributed by atoms with Gasteiger partial charge in [0.2, 0.25) is 5.60 Å². The molecule has 16 nitrogen and oxygen atoms in total. The van der Waals surface area contributed by atoms with Gasteiger partial charge in [-0.05, 0) is 77.3 Å². The number of nitriles is 1. The second-order valence-corrected chi connectivity index (χ2v) is 16.7. The van der Waals surface area contributed by atoms with E-state index in [1.165, 1.54) is 12.1 Å². The summed E-state index contributed by atoms with van der Waals surface area (Å²) in [4.78, 5) is 59.8. The fourth-order valence-electron chi connectivity index (χ4n) is 6.35. The van der Waals surface area contributed by atoms with Crippen LogP contribution in [0, 0.1) is 28.1 Å². The van der Waals surface area contributed by atoms with Crippen LogP contribution in [0.15, 0.2) is 17.1 Å². The van der Waals surface area contributed by atoms with Crippen LogP contribution in [0.5, 0.6) is 0 Å². The number of amidine groups is 1. The largest absolute Gasteiger partial charge is 0.463 e. The van der Waals surface area contributed by atoms with Crippen LogP contribution in [0.3, 0.4) is 0 Å². The quantitative estimate of drug-likeness (QED) is 0.0527. The third-order valence-corrected chi connectivity index (χ3v) is 9.48. The lowest BCUT2D eigenvalue weighted by molar-refractivity contribution is -0.164. The molecule has 0 unspecified atom stereocenters. The van der Waals surface area contributed by atoms with Gasteiger partial charge < -0.3 is 44.4 Å². The summed E-state index contributed by atoms with van der Waals surface area (Å²) in [6.45, 7) is 15.2. The molecular weight excluding hydrogens is 712 g/mol. The Balaban J connectivity index is 1.95. The first-order valence-corrected chi connectivity index (χ1v) is 19.0. The molecule has 1 saturated carbocycles. The van der Waals surface area contributed by atoms with Gasteiger partial charge in [-0.3, -0.25) is 15.0 Å². The highest BCUT2D eigenvalue weighted by atomic mass is 16.6. The Morgan fingerprint density at radius 3 is 2.38 bits per heavy atom. The maximum absolute atomic E-state index is 13.9. The Hall–Kier alpha value is -4.33. The van der Waals surface area contributed by atoms with Crippen molar-refractivity contribution >= 4 is 36.1 Å². The van der Waals surface area contributed by atoms with E-state index in [-0.39, 0.29) is 29.6 Å². The Morgan fingerprint density at radius 1 is 1.13 bits per heavy atom. The number of aliphatic imine (C=N–C) groups is 1. The molecule has 16 heteroatoms. The standard InChI is InChI=1S/C39H60N6O10/c1-10-11-19-52-38(8,9)34(49)45-32(42-23-41)25-17-18-27(43-25)39(22-40)31(47)29(26(54-39)21-51-28(46)20-24-15-13-12-14-16-24)53-33(48)30(36(2,3)4)44-35(50)55-37(5,6)7/h17-18,23-24,26,29-31,43,47H,10-16,19-21H2,1-9H3,(H,44,50)(H2,41,42,45,49)/t26-,29-,30-,31-,39+/m1/s1. The van der Waals surface area contributed by atoms with Crippen molar-refractivity contribution in [3.63, 3.8) is 0 Å². The molecule has 2 heterocycles. The van der Waals surface area contributed by atoms with Gasteiger partial charge >= 0.3 is 18.0 Å². The zero-order valence-corrected chi connectivity index (χ0v) is 33.7. The summed E-state index contributed by atoms with van der Waals surface area (Å²) < 4.78 is 28.8. The molecule has 0 aromatic carbocycles. The average Bonchev–Trinajstić information content (AvgIpc) is 3.69. The van der Waals surface area contributed by atoms with E-state index < -0.39 is 77.1 Å². The maximum Gasteiger partial charge on any atom is 0.408 e. The highest BCUT2D eigenvalue weighted by Gasteiger charge is 2.60. The van der Waals surface area contributed by atoms with Gasteiger partial charge in [0.25, 0.3) is 5.91 Å². The number of hydrogen-bond donors (Lipinski definition) is 5. The molecule has 1 aliphatic carbocycles. The minimum absolute atomic E-state index is 0.000724. The van der Waals surface area contributed by atoms with Gasteiger partial charge in [-0.15, -0.1) is 0 Å². The van der Waals surface area contributed by atoms with Gasteiger partial charge in [0, 0.05) is 13.0 Å². The summed E-state index contributed by atoms with van der Waals surface area (Å²) >= 11 is 0. The summed E-state index contributed by atoms with van der Waals surface area (Å²) in [5, 5.41) is 35.3. The minimum Gasteiger partial charge on any atom is -0.463 e. The molecule has 2 fully saturated rings. The fraction of sp³-hybridized carbons (Fsp3) is 0.718. The van der Waals surface area contributed by atoms with Crippen molar-refractivity contribution in [1.29, 1.82) is 10.7 Å². The third-order valence-electron chi connectivity index (χ3n) is 9.48. The Kier molecular flexibility index (Phi) is 15.6. The van der Waals surface area contributed by atoms with Gasteiger partial charge in [-0.2, -0.15) is 5.26 Å². The molecule has 5 atom stereocenters. The number of nitrogens with one attached hydrogen (secondary N) is 4. The van der Waals surface area contributed by atoms with E-state index >= 15 is 0 Å². The molecule has 3 rings (SSSR count). The van der Waals surface area contributed by atoms with Crippen molar-refractivity contribution in [2.45, 2.75) is 155 Å². The molecule has 55 heavy (non-hydrogen) atoms. The molecule has 2 amide bonds. The number of aliphatic hydroxyl groups excluding tert-OH is 1. The van der Waals surface area contributed by atoms with Crippen molar-refractivity contribution in [2.24, 2.45) is 16.3 Å². The average molecular weight is 773 g/mol. The monoisotopic (exact) mass is 772 g/mol. The van der Waals surface area contributed by atoms with E-state index in [1.807, 2.05) is 13.0 Å². The van der Waals surface area contributed by atoms with Crippen LogP contribution < -0.4 is 10.6 Å². The van der Waals surface area contributed by atoms with E-state index in [4.69, 9.17) is 29.1 Å². The summed E-state index contributed by atoms with van der Waals surface area (Å²) in [6, 6.07) is 3.64. The Morgan fingerprint density at radius 2 is 1.80 bits per heavy atom. The normalized spacial score (nSPS) is 22.9. The number of aromatic amines is 1. The molecule has 0 bridgehead atoms. The van der Waals surface area contributed by atoms with Crippen LogP contribution >= 0.6 is 0 Å². The Labute approximate surface area is 323 Å². The number of alkyl carbamates (subject to hydrolysis) is 1. The number of aliphatic hydroxyl groups is 1. The number of aromatic nitrogens is 1. The molecule has 1 aromatic heterocycles. The number of amides is 2. The van der Waals surface area contributed by atoms with Gasteiger partial charge in [0.15, 0.2) is 11.9 Å². The van der Waals surface area contributed by atoms with E-state index in [2.05, 4.69) is 20.6 Å². The molecule has 0 radical (unpaired) electrons. The Bertz CT molecular complexity index is 1580. The molecule has 306 valence electrons. The lowest BCUT2D eigenvalue weighted by Gasteiger charge is -2.32. The number of hydrogen-bond acceptors (Lipinski definition) is 12. The highest BCUT2D eigenvalue weighted by Crippen LogP contribution is 2.41. The van der Waals surface area contributed by atoms with Gasteiger partial charge in [0.05, 0.1) is 11.4 Å². The first kappa shape index (κ1) is 45.1. The number of esters is 2. The third kappa shape index (κ3) is 12.3. The number of carbonyl (C=O) groups is 4. The van der Waals surface area contributed by atoms with Crippen LogP contribution in [0.4, 0.5) is 4.79 Å². The number of ether oxygens (including phenoxy) is 5. The first-order valence-electron chi connectivity index (χ1n) is 19.0. The smallest absolute Gasteiger partial charge is 0.408 e. The zero-order valence-electron chi connectivity index (χ0n) is 33.7. The van der Waals surface area contributed by atoms with E-state index in [0.29, 0.717) is 6.61 Å². The number of rotatable bonds is 15. The van der Waals surface area contributed by atoms with Crippen LogP contribution in [0.2, 0.25) is 0 Å². The van der Waals surface area contributed by atoms with Gasteiger partial charge in [-0.25, -0.2) is 14.6 Å². The van der Waals surface area contributed by atoms with E-state index in [9.17, 15) is 29.5 Å². The van der Waals surface area contributed by atoms with Crippen molar-refractivity contribution in [3.05, 3.63) is 23.5 Å². The second kappa shape index (κ2) is 19.0. The fourth-order valence-corrected chi connectivity index (χ4v) is 6.35. The molecule has 1 aliphatic heterocycles. The first-order chi connectivity index (χ1) is 25.7. The van der Waals surface area contributed by atoms with Gasteiger partial charge in [-0.1, -0.05) is 53.4 Å². The van der Waals surface area contributed by atoms with Crippen LogP contribution in [0.25, 0.3) is 0 Å². The van der Waals surface area contributed by atoms with Crippen LogP contribution in [0.1, 0.15) is 125 Å². The molecule has 0 spiro atoms. The summed E-state index contributed by atoms with van der Waals surface area (Å²) in [5.41, 5.74) is -5.04. The summed E-state index contributed by atoms with van der Waals surface area (Å²) in [6.07, 6.45) is 1.97. The molecule has 2 aliphatic rings. The maximum atomic E-state index is 13.9. The number of carbonyl (C=O) groups excluding carboxylic acids is 4. The number of unbranched alkanes of at least 4 members (excludes halogenated alkanes) is 1. The zero-order chi connectivity index (χ0) is 41.2. The van der Waals surface area contributed by atoms with Gasteiger partial charge in [0.1, 0.15) is 48.5 Å². The molecule has 1 aromatic rings. The van der Waals surface area contributed by atoms with Crippen molar-refractivity contribution in [2.75, 3.05) is 13.2 Å². The topological polar surface area (TPSA) is 235 Å². The molecular formula is C39H60N6O10. The number of H-pyrrole nitrogens is 1. The minimum atomic E-state index is -2.21. The van der Waals surface area contributed by atoms with E-state index in [1.54, 1.807) is 55.4 Å². The van der Waals surface area contributed by atoms with Crippen LogP contribution in [-0.2, 0) is 43.7 Å². The predicted molar refractivity (Wildman–Crippen MR) is 202 cm³/mol. The SMILES string of the molecule is CCCCOC(C)(C)C(=O)NC(=NC=N)c1ccc([C@]2(C#N)O[C@H](COC(=O)CC3CCCCC3)[C@@H](OC(=O)[C@@H](NC(=O)OC(C)(C)C)C(C)(C)C)[C@H]2O)[nH]1. The summed E-state index contributed by atoms with van der Waals surface area (Å²) in [5.74, 6) is -1.87. The highest BCUT2D eigenvalue weighted by molar-refractivity contribution is 6.10. The number of nitrogens with zero attached hydrogens (tertiary/aromatic N) is 2. The van der Waals surface area contributed by atoms with E-state index in [0.717, 1.165) is 51.3 Å². The predicted octanol–water partition coefficient (Wildman–Crippen LogP) is 4.92.